The lowest BCUT2D eigenvalue weighted by molar-refractivity contribution is 1.15. The van der Waals surface area contributed by atoms with E-state index in [-0.39, 0.29) is 0 Å². The molecular weight excluding hydrogens is 208 g/mol. The SMILES string of the molecule is CCc1cc(N)cc2cc3ccccc3nc12. The van der Waals surface area contributed by atoms with Gasteiger partial charge in [0.05, 0.1) is 11.0 Å². The van der Waals surface area contributed by atoms with Crippen molar-refractivity contribution in [1.29, 1.82) is 0 Å². The van der Waals surface area contributed by atoms with Gasteiger partial charge in [0.15, 0.2) is 0 Å². The molecule has 0 unspecified atom stereocenters. The lowest BCUT2D eigenvalue weighted by Gasteiger charge is -2.07. The molecule has 2 N–H and O–H groups in total. The molecule has 2 heteroatoms. The van der Waals surface area contributed by atoms with E-state index in [0.717, 1.165) is 33.9 Å². The first kappa shape index (κ1) is 10.1. The van der Waals surface area contributed by atoms with E-state index >= 15 is 0 Å². The van der Waals surface area contributed by atoms with E-state index in [1.165, 1.54) is 5.56 Å². The molecule has 0 saturated heterocycles. The van der Waals surface area contributed by atoms with Crippen LogP contribution in [0.4, 0.5) is 5.69 Å². The monoisotopic (exact) mass is 222 g/mol. The standard InChI is InChI=1S/C15H14N2/c1-2-10-8-13(16)9-12-7-11-5-3-4-6-14(11)17-15(10)12/h3-9H,2,16H2,1H3. The number of nitrogen functional groups attached to an aromatic ring is 1. The van der Waals surface area contributed by atoms with E-state index in [1.54, 1.807) is 0 Å². The van der Waals surface area contributed by atoms with Crippen molar-refractivity contribution in [2.24, 2.45) is 0 Å². The zero-order chi connectivity index (χ0) is 11.8. The Labute approximate surface area is 100 Å². The van der Waals surface area contributed by atoms with E-state index < -0.39 is 0 Å². The number of pyridine rings is 1. The molecule has 0 spiro atoms. The maximum absolute atomic E-state index is 5.92. The largest absolute Gasteiger partial charge is 0.399 e. The van der Waals surface area contributed by atoms with Gasteiger partial charge in [-0.3, -0.25) is 0 Å². The molecule has 0 amide bonds. The highest BCUT2D eigenvalue weighted by Crippen LogP contribution is 2.25. The summed E-state index contributed by atoms with van der Waals surface area (Å²) in [4.78, 5) is 4.73. The van der Waals surface area contributed by atoms with Gasteiger partial charge in [0, 0.05) is 16.5 Å². The predicted molar refractivity (Wildman–Crippen MR) is 73.0 cm³/mol. The number of para-hydroxylation sites is 1. The quantitative estimate of drug-likeness (QED) is 0.505. The predicted octanol–water partition coefficient (Wildman–Crippen LogP) is 3.53. The molecule has 1 heterocycles. The second-order valence-corrected chi connectivity index (χ2v) is 4.29. The molecule has 0 bridgehead atoms. The number of fused-ring (bicyclic) bond motifs is 2. The van der Waals surface area contributed by atoms with Gasteiger partial charge in [0.2, 0.25) is 0 Å². The molecule has 0 aliphatic heterocycles. The summed E-state index contributed by atoms with van der Waals surface area (Å²) in [6, 6.07) is 14.3. The summed E-state index contributed by atoms with van der Waals surface area (Å²) in [6.07, 6.45) is 0.951. The van der Waals surface area contributed by atoms with Crippen molar-refractivity contribution in [2.75, 3.05) is 5.73 Å². The zero-order valence-electron chi connectivity index (χ0n) is 9.77. The van der Waals surface area contributed by atoms with Gasteiger partial charge in [-0.15, -0.1) is 0 Å². The Balaban J connectivity index is 2.47. The number of rotatable bonds is 1. The van der Waals surface area contributed by atoms with Crippen LogP contribution in [0.2, 0.25) is 0 Å². The fourth-order valence-electron chi connectivity index (χ4n) is 2.26. The van der Waals surface area contributed by atoms with Gasteiger partial charge in [-0.05, 0) is 36.2 Å². The maximum atomic E-state index is 5.92. The van der Waals surface area contributed by atoms with Crippen LogP contribution in [0.3, 0.4) is 0 Å². The molecule has 2 aromatic carbocycles. The molecule has 2 nitrogen and oxygen atoms in total. The first-order chi connectivity index (χ1) is 8.28. The fraction of sp³-hybridized carbons (Fsp3) is 0.133. The van der Waals surface area contributed by atoms with Gasteiger partial charge in [-0.25, -0.2) is 4.98 Å². The molecule has 0 saturated carbocycles. The molecule has 1 aromatic heterocycles. The van der Waals surface area contributed by atoms with Gasteiger partial charge in [-0.2, -0.15) is 0 Å². The summed E-state index contributed by atoms with van der Waals surface area (Å²) in [7, 11) is 0. The first-order valence-corrected chi connectivity index (χ1v) is 5.86. The minimum Gasteiger partial charge on any atom is -0.399 e. The number of nitrogens with two attached hydrogens (primary N) is 1. The van der Waals surface area contributed by atoms with Gasteiger partial charge in [0.25, 0.3) is 0 Å². The third-order valence-corrected chi connectivity index (χ3v) is 3.10. The Morgan fingerprint density at radius 1 is 1.06 bits per heavy atom. The number of benzene rings is 2. The van der Waals surface area contributed by atoms with Crippen LogP contribution in [0.1, 0.15) is 12.5 Å². The minimum atomic E-state index is 0.812. The molecule has 0 fully saturated rings. The molecule has 0 atom stereocenters. The Morgan fingerprint density at radius 3 is 2.71 bits per heavy atom. The van der Waals surface area contributed by atoms with Gasteiger partial charge < -0.3 is 5.73 Å². The lowest BCUT2D eigenvalue weighted by Crippen LogP contribution is -1.93. The second kappa shape index (κ2) is 3.74. The number of aryl methyl sites for hydroxylation is 1. The number of hydrogen-bond donors (Lipinski definition) is 1. The highest BCUT2D eigenvalue weighted by Gasteiger charge is 2.04. The van der Waals surface area contributed by atoms with Crippen LogP contribution in [-0.2, 0) is 6.42 Å². The summed E-state index contributed by atoms with van der Waals surface area (Å²) in [5.41, 5.74) is 10.1. The van der Waals surface area contributed by atoms with Crippen molar-refractivity contribution in [3.8, 4) is 0 Å². The molecule has 3 aromatic rings. The van der Waals surface area contributed by atoms with Crippen molar-refractivity contribution in [1.82, 2.24) is 4.98 Å². The molecule has 0 aliphatic rings. The van der Waals surface area contributed by atoms with Gasteiger partial charge >= 0.3 is 0 Å². The number of anilines is 1. The number of aromatic nitrogens is 1. The third-order valence-electron chi connectivity index (χ3n) is 3.10. The van der Waals surface area contributed by atoms with Crippen LogP contribution in [0, 0.1) is 0 Å². The summed E-state index contributed by atoms with van der Waals surface area (Å²) < 4.78 is 0. The van der Waals surface area contributed by atoms with Gasteiger partial charge in [-0.1, -0.05) is 25.1 Å². The van der Waals surface area contributed by atoms with E-state index in [0.29, 0.717) is 0 Å². The maximum Gasteiger partial charge on any atom is 0.0743 e. The summed E-state index contributed by atoms with van der Waals surface area (Å²) in [5, 5.41) is 2.29. The summed E-state index contributed by atoms with van der Waals surface area (Å²) in [5.74, 6) is 0. The molecule has 3 rings (SSSR count). The summed E-state index contributed by atoms with van der Waals surface area (Å²) >= 11 is 0. The molecule has 84 valence electrons. The second-order valence-electron chi connectivity index (χ2n) is 4.29. The fourth-order valence-corrected chi connectivity index (χ4v) is 2.26. The van der Waals surface area contributed by atoms with Crippen LogP contribution in [-0.4, -0.2) is 4.98 Å². The van der Waals surface area contributed by atoms with Crippen molar-refractivity contribution in [2.45, 2.75) is 13.3 Å². The number of nitrogens with zero attached hydrogens (tertiary/aromatic N) is 1. The third kappa shape index (κ3) is 1.62. The van der Waals surface area contributed by atoms with E-state index in [4.69, 9.17) is 10.7 Å². The minimum absolute atomic E-state index is 0.812. The smallest absolute Gasteiger partial charge is 0.0743 e. The van der Waals surface area contributed by atoms with Crippen LogP contribution in [0.25, 0.3) is 21.8 Å². The molecule has 0 aliphatic carbocycles. The average molecular weight is 222 g/mol. The highest BCUT2D eigenvalue weighted by molar-refractivity contribution is 5.95. The first-order valence-electron chi connectivity index (χ1n) is 5.86. The number of hydrogen-bond acceptors (Lipinski definition) is 2. The van der Waals surface area contributed by atoms with Crippen LogP contribution in [0.15, 0.2) is 42.5 Å². The van der Waals surface area contributed by atoms with Crippen molar-refractivity contribution in [3.05, 3.63) is 48.0 Å². The summed E-state index contributed by atoms with van der Waals surface area (Å²) in [6.45, 7) is 2.13. The van der Waals surface area contributed by atoms with E-state index in [9.17, 15) is 0 Å². The Hall–Kier alpha value is -2.09. The Kier molecular flexibility index (Phi) is 2.22. The molecule has 17 heavy (non-hydrogen) atoms. The normalized spacial score (nSPS) is 11.1. The molecule has 0 radical (unpaired) electrons. The molecular formula is C15H14N2. The zero-order valence-corrected chi connectivity index (χ0v) is 9.77. The van der Waals surface area contributed by atoms with Crippen LogP contribution >= 0.6 is 0 Å². The van der Waals surface area contributed by atoms with Crippen molar-refractivity contribution in [3.63, 3.8) is 0 Å². The highest BCUT2D eigenvalue weighted by atomic mass is 14.7. The topological polar surface area (TPSA) is 38.9 Å². The van der Waals surface area contributed by atoms with E-state index in [2.05, 4.69) is 19.1 Å². The average Bonchev–Trinajstić information content (AvgIpc) is 2.35. The van der Waals surface area contributed by atoms with Gasteiger partial charge in [0.1, 0.15) is 0 Å². The Bertz CT molecular complexity index is 702. The van der Waals surface area contributed by atoms with Crippen LogP contribution in [0.5, 0.6) is 0 Å². The van der Waals surface area contributed by atoms with Crippen molar-refractivity contribution >= 4 is 27.5 Å². The van der Waals surface area contributed by atoms with Crippen molar-refractivity contribution < 1.29 is 0 Å². The Morgan fingerprint density at radius 2 is 1.88 bits per heavy atom. The lowest BCUT2D eigenvalue weighted by atomic mass is 10.0. The van der Waals surface area contributed by atoms with Crippen LogP contribution < -0.4 is 5.73 Å². The van der Waals surface area contributed by atoms with E-state index in [1.807, 2.05) is 30.3 Å².